The highest BCUT2D eigenvalue weighted by Crippen LogP contribution is 2.27. The first-order valence-corrected chi connectivity index (χ1v) is 10.8. The quantitative estimate of drug-likeness (QED) is 0.338. The van der Waals surface area contributed by atoms with Crippen molar-refractivity contribution in [3.8, 4) is 22.4 Å². The van der Waals surface area contributed by atoms with E-state index < -0.39 is 0 Å². The number of para-hydroxylation sites is 1. The van der Waals surface area contributed by atoms with Crippen LogP contribution in [0.5, 0.6) is 0 Å². The van der Waals surface area contributed by atoms with Crippen molar-refractivity contribution in [2.75, 3.05) is 0 Å². The Morgan fingerprint density at radius 1 is 0.727 bits per heavy atom. The highest BCUT2D eigenvalue weighted by molar-refractivity contribution is 6.07. The van der Waals surface area contributed by atoms with E-state index in [0.29, 0.717) is 12.1 Å². The Balaban J connectivity index is 1.47. The molecule has 0 saturated carbocycles. The molecule has 0 aliphatic carbocycles. The summed E-state index contributed by atoms with van der Waals surface area (Å²) in [4.78, 5) is 17.9. The number of aromatic nitrogens is 1. The molecule has 1 aromatic heterocycles. The predicted octanol–water partition coefficient (Wildman–Crippen LogP) is 6.64. The number of carbonyl (C=O) groups excluding carboxylic acids is 1. The third kappa shape index (κ3) is 4.51. The number of nitrogens with one attached hydrogen (secondary N) is 1. The van der Waals surface area contributed by atoms with Crippen LogP contribution >= 0.6 is 0 Å². The van der Waals surface area contributed by atoms with Crippen molar-refractivity contribution in [3.05, 3.63) is 126 Å². The number of rotatable bonds is 5. The Labute approximate surface area is 191 Å². The van der Waals surface area contributed by atoms with Crippen molar-refractivity contribution in [1.29, 1.82) is 0 Å². The smallest absolute Gasteiger partial charge is 0.252 e. The first kappa shape index (κ1) is 20.6. The Kier molecular flexibility index (Phi) is 5.64. The normalized spacial score (nSPS) is 10.8. The summed E-state index contributed by atoms with van der Waals surface area (Å²) >= 11 is 0. The van der Waals surface area contributed by atoms with E-state index in [1.165, 1.54) is 12.1 Å². The largest absolute Gasteiger partial charge is 0.348 e. The van der Waals surface area contributed by atoms with Gasteiger partial charge < -0.3 is 5.32 Å². The maximum absolute atomic E-state index is 13.2. The van der Waals surface area contributed by atoms with Crippen molar-refractivity contribution in [3.63, 3.8) is 0 Å². The molecule has 1 heterocycles. The number of nitrogens with zero attached hydrogens (tertiary/aromatic N) is 1. The summed E-state index contributed by atoms with van der Waals surface area (Å²) in [6.07, 6.45) is 0. The molecule has 3 nitrogen and oxygen atoms in total. The molecule has 5 aromatic rings. The van der Waals surface area contributed by atoms with Gasteiger partial charge in [0.1, 0.15) is 5.82 Å². The third-order valence-electron chi connectivity index (χ3n) is 5.61. The Bertz CT molecular complexity index is 1410. The lowest BCUT2D eigenvalue weighted by atomic mass is 10.0. The number of carbonyl (C=O) groups is 1. The van der Waals surface area contributed by atoms with Crippen LogP contribution in [0.3, 0.4) is 0 Å². The van der Waals surface area contributed by atoms with Gasteiger partial charge in [-0.1, -0.05) is 84.9 Å². The molecular weight excluding hydrogens is 411 g/mol. The highest BCUT2D eigenvalue weighted by atomic mass is 19.1. The van der Waals surface area contributed by atoms with Gasteiger partial charge in [0.15, 0.2) is 0 Å². The first-order valence-electron chi connectivity index (χ1n) is 10.8. The molecule has 0 atom stereocenters. The molecule has 4 heteroatoms. The predicted molar refractivity (Wildman–Crippen MR) is 130 cm³/mol. The standard InChI is InChI=1S/C29H21FN2O/c30-24-16-10-20(11-17-24)19-31-29(33)26-18-28(32-27-9-5-4-8-25(26)27)23-14-12-22(13-15-23)21-6-2-1-3-7-21/h1-18H,19H2,(H,31,33). The van der Waals surface area contributed by atoms with E-state index >= 15 is 0 Å². The summed E-state index contributed by atoms with van der Waals surface area (Å²) in [5, 5.41) is 3.74. The van der Waals surface area contributed by atoms with Crippen molar-refractivity contribution < 1.29 is 9.18 Å². The maximum atomic E-state index is 13.2. The average Bonchev–Trinajstić information content (AvgIpc) is 2.88. The average molecular weight is 432 g/mol. The number of hydrogen-bond donors (Lipinski definition) is 1. The number of fused-ring (bicyclic) bond motifs is 1. The van der Waals surface area contributed by atoms with Crippen LogP contribution in [-0.4, -0.2) is 10.9 Å². The van der Waals surface area contributed by atoms with Gasteiger partial charge in [-0.25, -0.2) is 9.37 Å². The second-order valence-electron chi connectivity index (χ2n) is 7.82. The summed E-state index contributed by atoms with van der Waals surface area (Å²) in [7, 11) is 0. The van der Waals surface area contributed by atoms with Crippen LogP contribution in [0.25, 0.3) is 33.3 Å². The zero-order valence-electron chi connectivity index (χ0n) is 17.8. The molecular formula is C29H21FN2O. The van der Waals surface area contributed by atoms with Gasteiger partial charge in [0.05, 0.1) is 16.8 Å². The van der Waals surface area contributed by atoms with Gasteiger partial charge in [-0.2, -0.15) is 0 Å². The number of pyridine rings is 1. The molecule has 0 saturated heterocycles. The monoisotopic (exact) mass is 432 g/mol. The lowest BCUT2D eigenvalue weighted by molar-refractivity contribution is 0.0952. The number of benzene rings is 4. The summed E-state index contributed by atoms with van der Waals surface area (Å²) < 4.78 is 13.2. The zero-order valence-corrected chi connectivity index (χ0v) is 17.8. The second kappa shape index (κ2) is 9.05. The van der Waals surface area contributed by atoms with Crippen LogP contribution in [0, 0.1) is 5.82 Å². The van der Waals surface area contributed by atoms with Crippen LogP contribution < -0.4 is 5.32 Å². The molecule has 4 aromatic carbocycles. The molecule has 160 valence electrons. The first-order chi connectivity index (χ1) is 16.2. The van der Waals surface area contributed by atoms with E-state index in [9.17, 15) is 9.18 Å². The molecule has 0 aliphatic rings. The lowest BCUT2D eigenvalue weighted by Crippen LogP contribution is -2.23. The van der Waals surface area contributed by atoms with E-state index in [2.05, 4.69) is 29.6 Å². The van der Waals surface area contributed by atoms with E-state index in [-0.39, 0.29) is 11.7 Å². The van der Waals surface area contributed by atoms with Crippen LogP contribution in [0.4, 0.5) is 4.39 Å². The van der Waals surface area contributed by atoms with E-state index in [1.54, 1.807) is 12.1 Å². The molecule has 1 N–H and O–H groups in total. The van der Waals surface area contributed by atoms with Crippen LogP contribution in [0.15, 0.2) is 109 Å². The molecule has 0 radical (unpaired) electrons. The molecule has 0 bridgehead atoms. The van der Waals surface area contributed by atoms with Gasteiger partial charge in [0, 0.05) is 17.5 Å². The van der Waals surface area contributed by atoms with E-state index in [4.69, 9.17) is 4.98 Å². The van der Waals surface area contributed by atoms with Crippen LogP contribution in [0.2, 0.25) is 0 Å². The fourth-order valence-electron chi connectivity index (χ4n) is 3.86. The maximum Gasteiger partial charge on any atom is 0.252 e. The van der Waals surface area contributed by atoms with Crippen molar-refractivity contribution in [2.24, 2.45) is 0 Å². The number of halogens is 1. The lowest BCUT2D eigenvalue weighted by Gasteiger charge is -2.11. The van der Waals surface area contributed by atoms with Gasteiger partial charge in [-0.15, -0.1) is 0 Å². The number of hydrogen-bond acceptors (Lipinski definition) is 2. The minimum atomic E-state index is -0.298. The van der Waals surface area contributed by atoms with E-state index in [0.717, 1.165) is 38.9 Å². The fraction of sp³-hybridized carbons (Fsp3) is 0.0345. The van der Waals surface area contributed by atoms with Gasteiger partial charge >= 0.3 is 0 Å². The van der Waals surface area contributed by atoms with E-state index in [1.807, 2.05) is 60.7 Å². The molecule has 33 heavy (non-hydrogen) atoms. The molecule has 0 unspecified atom stereocenters. The van der Waals surface area contributed by atoms with Crippen LogP contribution in [0.1, 0.15) is 15.9 Å². The van der Waals surface area contributed by atoms with Crippen molar-refractivity contribution in [2.45, 2.75) is 6.54 Å². The van der Waals surface area contributed by atoms with Gasteiger partial charge in [0.25, 0.3) is 5.91 Å². The SMILES string of the molecule is O=C(NCc1ccc(F)cc1)c1cc(-c2ccc(-c3ccccc3)cc2)nc2ccccc12. The zero-order chi connectivity index (χ0) is 22.6. The minimum absolute atomic E-state index is 0.194. The summed E-state index contributed by atoms with van der Waals surface area (Å²) in [5.74, 6) is -0.492. The third-order valence-corrected chi connectivity index (χ3v) is 5.61. The Hall–Kier alpha value is -4.31. The summed E-state index contributed by atoms with van der Waals surface area (Å²) in [5.41, 5.74) is 6.10. The van der Waals surface area contributed by atoms with Crippen molar-refractivity contribution in [1.82, 2.24) is 10.3 Å². The summed E-state index contributed by atoms with van der Waals surface area (Å²) in [6, 6.07) is 33.9. The Morgan fingerprint density at radius 3 is 2.12 bits per heavy atom. The second-order valence-corrected chi connectivity index (χ2v) is 7.82. The Morgan fingerprint density at radius 2 is 1.36 bits per heavy atom. The van der Waals surface area contributed by atoms with Gasteiger partial charge in [-0.3, -0.25) is 4.79 Å². The van der Waals surface area contributed by atoms with Crippen molar-refractivity contribution >= 4 is 16.8 Å². The topological polar surface area (TPSA) is 42.0 Å². The summed E-state index contributed by atoms with van der Waals surface area (Å²) in [6.45, 7) is 0.316. The molecule has 0 fully saturated rings. The molecule has 0 aliphatic heterocycles. The molecule has 1 amide bonds. The molecule has 5 rings (SSSR count). The molecule has 0 spiro atoms. The number of amides is 1. The highest BCUT2D eigenvalue weighted by Gasteiger charge is 2.14. The van der Waals surface area contributed by atoms with Crippen LogP contribution in [-0.2, 0) is 6.54 Å². The minimum Gasteiger partial charge on any atom is -0.348 e. The fourth-order valence-corrected chi connectivity index (χ4v) is 3.86. The van der Waals surface area contributed by atoms with Gasteiger partial charge in [-0.05, 0) is 41.0 Å². The van der Waals surface area contributed by atoms with Gasteiger partial charge in [0.2, 0.25) is 0 Å².